The number of sulfone groups is 1. The van der Waals surface area contributed by atoms with Crippen LogP contribution in [0.2, 0.25) is 0 Å². The van der Waals surface area contributed by atoms with Crippen LogP contribution in [0, 0.1) is 0 Å². The normalized spacial score (nSPS) is 24.1. The third kappa shape index (κ3) is 4.24. The largest absolute Gasteiger partial charge is 0.326 e. The molecule has 0 bridgehead atoms. The molecule has 30 heavy (non-hydrogen) atoms. The van der Waals surface area contributed by atoms with Crippen molar-refractivity contribution >= 4 is 15.9 Å². The molecule has 1 aromatic rings. The Hall–Kier alpha value is -1.60. The molecule has 2 saturated heterocycles. The Morgan fingerprint density at radius 3 is 2.43 bits per heavy atom. The first-order valence-electron chi connectivity index (χ1n) is 11.3. The summed E-state index contributed by atoms with van der Waals surface area (Å²) >= 11 is 0. The summed E-state index contributed by atoms with van der Waals surface area (Å²) in [6.45, 7) is 5.39. The van der Waals surface area contributed by atoms with Gasteiger partial charge < -0.3 is 14.7 Å². The fourth-order valence-electron chi connectivity index (χ4n) is 5.63. The van der Waals surface area contributed by atoms with Gasteiger partial charge in [0, 0.05) is 44.9 Å². The molecule has 0 N–H and O–H groups in total. The summed E-state index contributed by atoms with van der Waals surface area (Å²) in [7, 11) is -1.24. The number of rotatable bonds is 4. The van der Waals surface area contributed by atoms with Crippen molar-refractivity contribution < 1.29 is 13.2 Å². The van der Waals surface area contributed by atoms with Crippen molar-refractivity contribution in [1.29, 1.82) is 0 Å². The summed E-state index contributed by atoms with van der Waals surface area (Å²) < 4.78 is 24.8. The van der Waals surface area contributed by atoms with Gasteiger partial charge in [0.1, 0.15) is 0 Å². The van der Waals surface area contributed by atoms with Gasteiger partial charge >= 0.3 is 6.03 Å². The fraction of sp³-hybridized carbons (Fsp3) is 0.696. The zero-order valence-corrected chi connectivity index (χ0v) is 19.2. The number of carbonyl (C=O) groups excluding carboxylic acids is 1. The molecule has 1 aliphatic carbocycles. The number of hydrogen-bond donors (Lipinski definition) is 0. The van der Waals surface area contributed by atoms with E-state index in [4.69, 9.17) is 0 Å². The molecule has 0 radical (unpaired) electrons. The first-order chi connectivity index (χ1) is 14.3. The zero-order chi connectivity index (χ0) is 21.4. The minimum atomic E-state index is -3.15. The van der Waals surface area contributed by atoms with Crippen molar-refractivity contribution in [3.63, 3.8) is 0 Å². The van der Waals surface area contributed by atoms with E-state index < -0.39 is 15.1 Å². The van der Waals surface area contributed by atoms with E-state index >= 15 is 0 Å². The molecule has 2 fully saturated rings. The van der Waals surface area contributed by atoms with E-state index in [0.29, 0.717) is 19.5 Å². The number of likely N-dealkylation sites (tertiary alicyclic amines) is 2. The number of benzene rings is 1. The third-order valence-electron chi connectivity index (χ3n) is 7.49. The van der Waals surface area contributed by atoms with Crippen molar-refractivity contribution in [3.05, 3.63) is 35.4 Å². The van der Waals surface area contributed by atoms with Gasteiger partial charge in [0.2, 0.25) is 0 Å². The van der Waals surface area contributed by atoms with Crippen molar-refractivity contribution in [1.82, 2.24) is 14.7 Å². The highest BCUT2D eigenvalue weighted by Crippen LogP contribution is 2.53. The number of fused-ring (bicyclic) bond motifs is 2. The van der Waals surface area contributed by atoms with E-state index in [2.05, 4.69) is 11.0 Å². The second-order valence-corrected chi connectivity index (χ2v) is 11.7. The summed E-state index contributed by atoms with van der Waals surface area (Å²) in [5.74, 6) is 0. The highest BCUT2D eigenvalue weighted by Gasteiger charge is 2.48. The molecule has 2 aliphatic heterocycles. The van der Waals surface area contributed by atoms with Crippen LogP contribution < -0.4 is 0 Å². The Bertz CT molecular complexity index is 871. The predicted octanol–water partition coefficient (Wildman–Crippen LogP) is 3.05. The molecule has 6 nitrogen and oxygen atoms in total. The van der Waals surface area contributed by atoms with Gasteiger partial charge in [-0.1, -0.05) is 30.7 Å². The highest BCUT2D eigenvalue weighted by atomic mass is 32.2. The average molecular weight is 434 g/mol. The van der Waals surface area contributed by atoms with E-state index in [1.807, 2.05) is 35.0 Å². The van der Waals surface area contributed by atoms with Crippen molar-refractivity contribution in [3.8, 4) is 0 Å². The van der Waals surface area contributed by atoms with Gasteiger partial charge in [0.15, 0.2) is 9.84 Å². The molecular formula is C23H35N3O3S. The maximum absolute atomic E-state index is 13.0. The monoisotopic (exact) mass is 433 g/mol. The van der Waals surface area contributed by atoms with E-state index in [-0.39, 0.29) is 11.4 Å². The van der Waals surface area contributed by atoms with Gasteiger partial charge in [0.25, 0.3) is 0 Å². The average Bonchev–Trinajstić information content (AvgIpc) is 3.07. The van der Waals surface area contributed by atoms with Crippen LogP contribution in [0.1, 0.15) is 54.9 Å². The summed E-state index contributed by atoms with van der Waals surface area (Å²) in [6, 6.07) is 8.13. The summed E-state index contributed by atoms with van der Waals surface area (Å²) in [5.41, 5.74) is 2.04. The van der Waals surface area contributed by atoms with Gasteiger partial charge in [0.05, 0.1) is 5.25 Å². The summed E-state index contributed by atoms with van der Waals surface area (Å²) in [5, 5.41) is -0.414. The molecule has 2 amide bonds. The number of likely N-dealkylation sites (N-methyl/N-ethyl adjacent to an activating group) is 1. The van der Waals surface area contributed by atoms with Gasteiger partial charge in [-0.2, -0.15) is 0 Å². The van der Waals surface area contributed by atoms with Crippen LogP contribution in [0.5, 0.6) is 0 Å². The van der Waals surface area contributed by atoms with E-state index in [9.17, 15) is 13.2 Å². The lowest BCUT2D eigenvalue weighted by molar-refractivity contribution is 0.124. The smallest absolute Gasteiger partial charge is 0.319 e. The SMILES string of the molecule is CN(CCN1CCCCC1)C(=O)N1CCC2(CC1)CC(S(C)(=O)=O)c1ccccc12. The lowest BCUT2D eigenvalue weighted by Crippen LogP contribution is -2.50. The molecule has 4 rings (SSSR count). The Kier molecular flexibility index (Phi) is 6.13. The first-order valence-corrected chi connectivity index (χ1v) is 13.3. The number of carbonyl (C=O) groups is 1. The van der Waals surface area contributed by atoms with Crippen molar-refractivity contribution in [2.45, 2.75) is 49.2 Å². The Labute approximate surface area is 181 Å². The quantitative estimate of drug-likeness (QED) is 0.732. The number of piperidine rings is 2. The van der Waals surface area contributed by atoms with Crippen LogP contribution in [-0.4, -0.2) is 81.7 Å². The maximum Gasteiger partial charge on any atom is 0.319 e. The van der Waals surface area contributed by atoms with Crippen molar-refractivity contribution in [2.24, 2.45) is 0 Å². The number of nitrogens with zero attached hydrogens (tertiary/aromatic N) is 3. The second kappa shape index (κ2) is 8.50. The van der Waals surface area contributed by atoms with E-state index in [0.717, 1.165) is 44.6 Å². The molecule has 0 saturated carbocycles. The second-order valence-electron chi connectivity index (χ2n) is 9.48. The van der Waals surface area contributed by atoms with E-state index in [1.54, 1.807) is 0 Å². The predicted molar refractivity (Wildman–Crippen MR) is 119 cm³/mol. The van der Waals surface area contributed by atoms with Crippen LogP contribution in [0.4, 0.5) is 4.79 Å². The molecule has 2 heterocycles. The Morgan fingerprint density at radius 2 is 1.77 bits per heavy atom. The Balaban J connectivity index is 1.38. The van der Waals surface area contributed by atoms with Crippen LogP contribution in [0.15, 0.2) is 24.3 Å². The maximum atomic E-state index is 13.0. The lowest BCUT2D eigenvalue weighted by Gasteiger charge is -2.41. The van der Waals surface area contributed by atoms with Gasteiger partial charge in [-0.05, 0) is 56.3 Å². The molecule has 3 aliphatic rings. The van der Waals surface area contributed by atoms with Crippen LogP contribution >= 0.6 is 0 Å². The minimum Gasteiger partial charge on any atom is -0.326 e. The van der Waals surface area contributed by atoms with Crippen LogP contribution in [-0.2, 0) is 15.3 Å². The van der Waals surface area contributed by atoms with Gasteiger partial charge in [-0.15, -0.1) is 0 Å². The first kappa shape index (κ1) is 21.6. The zero-order valence-electron chi connectivity index (χ0n) is 18.3. The van der Waals surface area contributed by atoms with Gasteiger partial charge in [-0.25, -0.2) is 13.2 Å². The van der Waals surface area contributed by atoms with Crippen LogP contribution in [0.3, 0.4) is 0 Å². The lowest BCUT2D eigenvalue weighted by atomic mass is 9.74. The molecular weight excluding hydrogens is 398 g/mol. The number of urea groups is 1. The Morgan fingerprint density at radius 1 is 1.10 bits per heavy atom. The molecule has 1 aromatic carbocycles. The van der Waals surface area contributed by atoms with E-state index in [1.165, 1.54) is 31.1 Å². The standard InChI is InChI=1S/C23H35N3O3S/c1-24(16-17-25-12-6-3-7-13-25)22(27)26-14-10-23(11-15-26)18-21(30(2,28)29)19-8-4-5-9-20(19)23/h4-5,8-9,21H,3,6-7,10-18H2,1-2H3. The number of amides is 2. The van der Waals surface area contributed by atoms with Crippen molar-refractivity contribution in [2.75, 3.05) is 52.6 Å². The molecule has 1 unspecified atom stereocenters. The molecule has 166 valence electrons. The topological polar surface area (TPSA) is 60.9 Å². The molecule has 7 heteroatoms. The molecule has 0 aromatic heterocycles. The highest BCUT2D eigenvalue weighted by molar-refractivity contribution is 7.90. The number of hydrogen-bond acceptors (Lipinski definition) is 4. The third-order valence-corrected chi connectivity index (χ3v) is 8.94. The summed E-state index contributed by atoms with van der Waals surface area (Å²) in [6.07, 6.45) is 7.53. The molecule has 1 spiro atoms. The molecule has 1 atom stereocenters. The van der Waals surface area contributed by atoms with Crippen LogP contribution in [0.25, 0.3) is 0 Å². The van der Waals surface area contributed by atoms with Gasteiger partial charge in [-0.3, -0.25) is 0 Å². The minimum absolute atomic E-state index is 0.104. The fourth-order valence-corrected chi connectivity index (χ4v) is 6.92. The summed E-state index contributed by atoms with van der Waals surface area (Å²) in [4.78, 5) is 19.3.